The van der Waals surface area contributed by atoms with Crippen LogP contribution in [0, 0.1) is 5.92 Å². The molecule has 0 aliphatic carbocycles. The van der Waals surface area contributed by atoms with Gasteiger partial charge in [-0.1, -0.05) is 32.1 Å². The highest BCUT2D eigenvalue weighted by Crippen LogP contribution is 2.29. The van der Waals surface area contributed by atoms with E-state index in [0.29, 0.717) is 5.56 Å². The predicted molar refractivity (Wildman–Crippen MR) is 60.3 cm³/mol. The highest BCUT2D eigenvalue weighted by Gasteiger charge is 2.30. The van der Waals surface area contributed by atoms with E-state index in [-0.39, 0.29) is 11.7 Å². The monoisotopic (exact) mass is 242 g/mol. The summed E-state index contributed by atoms with van der Waals surface area (Å²) in [5.74, 6) is -0.264. The average molecular weight is 242 g/mol. The molecule has 0 aliphatic heterocycles. The van der Waals surface area contributed by atoms with Crippen LogP contribution >= 0.6 is 0 Å². The summed E-state index contributed by atoms with van der Waals surface area (Å²) in [4.78, 5) is 11.3. The number of benzene rings is 1. The molecule has 1 nitrogen and oxygen atoms in total. The van der Waals surface area contributed by atoms with Crippen LogP contribution in [0.4, 0.5) is 13.2 Å². The Morgan fingerprint density at radius 1 is 1.29 bits per heavy atom. The summed E-state index contributed by atoms with van der Waals surface area (Å²) in [6.07, 6.45) is -1.65. The molecule has 1 rings (SSSR count). The zero-order chi connectivity index (χ0) is 13.1. The van der Waals surface area contributed by atoms with Crippen LogP contribution in [0.1, 0.15) is 25.0 Å². The summed E-state index contributed by atoms with van der Waals surface area (Å²) >= 11 is 0. The molecule has 0 unspecified atom stereocenters. The Morgan fingerprint density at radius 3 is 2.47 bits per heavy atom. The zero-order valence-electron chi connectivity index (χ0n) is 9.58. The molecule has 17 heavy (non-hydrogen) atoms. The number of alkyl halides is 3. The predicted octanol–water partition coefficient (Wildman–Crippen LogP) is 3.94. The van der Waals surface area contributed by atoms with E-state index in [2.05, 4.69) is 0 Å². The standard InChI is InChI=1S/C13H13F3O/c1-9(2)12(17)7-6-10-4-3-5-11(8-10)13(14,15)16/h3-9H,1-2H3. The average Bonchev–Trinajstić information content (AvgIpc) is 2.25. The van der Waals surface area contributed by atoms with Crippen molar-refractivity contribution in [2.75, 3.05) is 0 Å². The number of hydrogen-bond acceptors (Lipinski definition) is 1. The fraction of sp³-hybridized carbons (Fsp3) is 0.308. The van der Waals surface area contributed by atoms with Gasteiger partial charge in [-0.2, -0.15) is 13.2 Å². The molecule has 0 fully saturated rings. The molecule has 1 aromatic rings. The van der Waals surface area contributed by atoms with Crippen LogP contribution in [-0.2, 0) is 11.0 Å². The largest absolute Gasteiger partial charge is 0.416 e. The van der Waals surface area contributed by atoms with Crippen LogP contribution in [0.2, 0.25) is 0 Å². The molecule has 0 saturated heterocycles. The minimum Gasteiger partial charge on any atom is -0.295 e. The van der Waals surface area contributed by atoms with E-state index in [1.54, 1.807) is 13.8 Å². The van der Waals surface area contributed by atoms with Crippen molar-refractivity contribution in [3.05, 3.63) is 41.5 Å². The van der Waals surface area contributed by atoms with Crippen LogP contribution < -0.4 is 0 Å². The van der Waals surface area contributed by atoms with E-state index in [9.17, 15) is 18.0 Å². The number of hydrogen-bond donors (Lipinski definition) is 0. The van der Waals surface area contributed by atoms with Gasteiger partial charge in [0, 0.05) is 5.92 Å². The Balaban J connectivity index is 2.90. The summed E-state index contributed by atoms with van der Waals surface area (Å²) in [6.45, 7) is 3.47. The van der Waals surface area contributed by atoms with Crippen molar-refractivity contribution >= 4 is 11.9 Å². The summed E-state index contributed by atoms with van der Waals surface area (Å²) in [5, 5.41) is 0. The molecule has 0 heterocycles. The Morgan fingerprint density at radius 2 is 1.94 bits per heavy atom. The van der Waals surface area contributed by atoms with Gasteiger partial charge in [0.2, 0.25) is 0 Å². The molecule has 0 aliphatic rings. The second-order valence-corrected chi connectivity index (χ2v) is 4.01. The molecule has 0 radical (unpaired) electrons. The van der Waals surface area contributed by atoms with Crippen molar-refractivity contribution in [1.29, 1.82) is 0 Å². The van der Waals surface area contributed by atoms with Gasteiger partial charge in [0.1, 0.15) is 0 Å². The molecule has 1 aromatic carbocycles. The lowest BCUT2D eigenvalue weighted by molar-refractivity contribution is -0.137. The fourth-order valence-electron chi connectivity index (χ4n) is 1.19. The van der Waals surface area contributed by atoms with Gasteiger partial charge in [-0.15, -0.1) is 0 Å². The summed E-state index contributed by atoms with van der Waals surface area (Å²) in [5.41, 5.74) is -0.342. The van der Waals surface area contributed by atoms with Crippen molar-refractivity contribution < 1.29 is 18.0 Å². The lowest BCUT2D eigenvalue weighted by Crippen LogP contribution is -2.04. The number of carbonyl (C=O) groups is 1. The minimum absolute atomic E-state index is 0.109. The van der Waals surface area contributed by atoms with Crippen molar-refractivity contribution in [1.82, 2.24) is 0 Å². The molecule has 0 saturated carbocycles. The third-order valence-electron chi connectivity index (χ3n) is 2.22. The van der Waals surface area contributed by atoms with E-state index in [0.717, 1.165) is 12.1 Å². The fourth-order valence-corrected chi connectivity index (χ4v) is 1.19. The SMILES string of the molecule is CC(C)C(=O)C=Cc1cccc(C(F)(F)F)c1. The summed E-state index contributed by atoms with van der Waals surface area (Å²) in [7, 11) is 0. The topological polar surface area (TPSA) is 17.1 Å². The maximum Gasteiger partial charge on any atom is 0.416 e. The number of halogens is 3. The first-order chi connectivity index (χ1) is 7.80. The van der Waals surface area contributed by atoms with Crippen LogP contribution in [0.25, 0.3) is 6.08 Å². The van der Waals surface area contributed by atoms with Gasteiger partial charge in [-0.25, -0.2) is 0 Å². The van der Waals surface area contributed by atoms with Crippen LogP contribution in [0.5, 0.6) is 0 Å². The van der Waals surface area contributed by atoms with Gasteiger partial charge in [0.05, 0.1) is 5.56 Å². The van der Waals surface area contributed by atoms with Gasteiger partial charge >= 0.3 is 6.18 Å². The quantitative estimate of drug-likeness (QED) is 0.733. The number of rotatable bonds is 3. The second kappa shape index (κ2) is 5.17. The lowest BCUT2D eigenvalue weighted by atomic mass is 10.1. The van der Waals surface area contributed by atoms with Crippen molar-refractivity contribution in [3.63, 3.8) is 0 Å². The van der Waals surface area contributed by atoms with Gasteiger partial charge in [-0.05, 0) is 23.8 Å². The molecule has 0 bridgehead atoms. The van der Waals surface area contributed by atoms with Gasteiger partial charge in [0.15, 0.2) is 5.78 Å². The van der Waals surface area contributed by atoms with Gasteiger partial charge < -0.3 is 0 Å². The number of allylic oxidation sites excluding steroid dienone is 1. The van der Waals surface area contributed by atoms with Gasteiger partial charge in [-0.3, -0.25) is 4.79 Å². The Hall–Kier alpha value is -1.58. The lowest BCUT2D eigenvalue weighted by Gasteiger charge is -2.06. The third-order valence-corrected chi connectivity index (χ3v) is 2.22. The molecule has 0 aromatic heterocycles. The first-order valence-corrected chi connectivity index (χ1v) is 5.20. The van der Waals surface area contributed by atoms with Gasteiger partial charge in [0.25, 0.3) is 0 Å². The molecular weight excluding hydrogens is 229 g/mol. The van der Waals surface area contributed by atoms with E-state index >= 15 is 0 Å². The number of ketones is 1. The highest BCUT2D eigenvalue weighted by molar-refractivity contribution is 5.94. The van der Waals surface area contributed by atoms with Crippen molar-refractivity contribution in [3.8, 4) is 0 Å². The zero-order valence-corrected chi connectivity index (χ0v) is 9.58. The van der Waals surface area contributed by atoms with E-state index in [1.807, 2.05) is 0 Å². The van der Waals surface area contributed by atoms with Crippen molar-refractivity contribution in [2.24, 2.45) is 5.92 Å². The van der Waals surface area contributed by atoms with Crippen LogP contribution in [0.15, 0.2) is 30.3 Å². The Labute approximate surface area is 98.0 Å². The highest BCUT2D eigenvalue weighted by atomic mass is 19.4. The number of carbonyl (C=O) groups excluding carboxylic acids is 1. The molecule has 4 heteroatoms. The summed E-state index contributed by atoms with van der Waals surface area (Å²) < 4.78 is 37.2. The third kappa shape index (κ3) is 4.06. The molecule has 0 atom stereocenters. The van der Waals surface area contributed by atoms with Crippen molar-refractivity contribution in [2.45, 2.75) is 20.0 Å². The van der Waals surface area contributed by atoms with E-state index in [1.165, 1.54) is 24.3 Å². The first-order valence-electron chi connectivity index (χ1n) is 5.20. The Bertz CT molecular complexity index is 431. The smallest absolute Gasteiger partial charge is 0.295 e. The van der Waals surface area contributed by atoms with Crippen LogP contribution in [-0.4, -0.2) is 5.78 Å². The molecule has 0 amide bonds. The van der Waals surface area contributed by atoms with Crippen LogP contribution in [0.3, 0.4) is 0 Å². The Kier molecular flexibility index (Phi) is 4.10. The molecule has 92 valence electrons. The van der Waals surface area contributed by atoms with E-state index < -0.39 is 11.7 Å². The maximum absolute atomic E-state index is 12.4. The maximum atomic E-state index is 12.4. The second-order valence-electron chi connectivity index (χ2n) is 4.01. The van der Waals surface area contributed by atoms with E-state index in [4.69, 9.17) is 0 Å². The molecular formula is C13H13F3O. The normalized spacial score (nSPS) is 12.4. The molecule has 0 N–H and O–H groups in total. The molecule has 0 spiro atoms. The minimum atomic E-state index is -4.36. The first kappa shape index (κ1) is 13.5. The summed E-state index contributed by atoms with van der Waals surface area (Å²) in [6, 6.07) is 4.87.